The Kier molecular flexibility index (Phi) is 4.68. The maximum Gasteiger partial charge on any atom is 0.205 e. The van der Waals surface area contributed by atoms with Gasteiger partial charge in [-0.1, -0.05) is 45.5 Å². The second-order valence-electron chi connectivity index (χ2n) is 4.01. The van der Waals surface area contributed by atoms with E-state index in [1.807, 2.05) is 13.1 Å². The monoisotopic (exact) mass is 326 g/mol. The fourth-order valence-electron chi connectivity index (χ4n) is 1.62. The van der Waals surface area contributed by atoms with Crippen molar-refractivity contribution in [3.05, 3.63) is 39.3 Å². The lowest BCUT2D eigenvalue weighted by molar-refractivity contribution is 0.317. The second kappa shape index (κ2) is 6.26. The van der Waals surface area contributed by atoms with Gasteiger partial charge in [0, 0.05) is 18.1 Å². The highest BCUT2D eigenvalue weighted by Gasteiger charge is 2.08. The maximum absolute atomic E-state index is 4.14. The van der Waals surface area contributed by atoms with Crippen molar-refractivity contribution in [3.8, 4) is 0 Å². The zero-order valence-corrected chi connectivity index (χ0v) is 12.8. The first-order valence-corrected chi connectivity index (χ1v) is 7.22. The molecule has 1 aromatic heterocycles. The van der Waals surface area contributed by atoms with E-state index in [4.69, 9.17) is 0 Å². The van der Waals surface area contributed by atoms with Crippen LogP contribution in [0.3, 0.4) is 0 Å². The van der Waals surface area contributed by atoms with Crippen molar-refractivity contribution in [2.45, 2.75) is 13.1 Å². The van der Waals surface area contributed by atoms with E-state index in [2.05, 4.69) is 61.6 Å². The Bertz CT molecular complexity index is 514. The van der Waals surface area contributed by atoms with Gasteiger partial charge in [-0.15, -0.1) is 10.2 Å². The number of hydrogen-bond donors (Lipinski definition) is 1. The van der Waals surface area contributed by atoms with E-state index in [0.717, 1.165) is 27.7 Å². The molecule has 0 saturated heterocycles. The summed E-state index contributed by atoms with van der Waals surface area (Å²) in [6.07, 6.45) is 0. The molecule has 0 spiro atoms. The second-order valence-corrected chi connectivity index (χ2v) is 5.93. The number of rotatable bonds is 5. The molecule has 0 saturated carbocycles. The van der Waals surface area contributed by atoms with Gasteiger partial charge in [0.25, 0.3) is 0 Å². The average molecular weight is 327 g/mol. The summed E-state index contributed by atoms with van der Waals surface area (Å²) in [5.74, 6) is 0. The third kappa shape index (κ3) is 3.51. The van der Waals surface area contributed by atoms with Crippen LogP contribution in [-0.4, -0.2) is 29.2 Å². The third-order valence-electron chi connectivity index (χ3n) is 2.48. The average Bonchev–Trinajstić information content (AvgIpc) is 2.80. The molecule has 0 aliphatic carbocycles. The summed E-state index contributed by atoms with van der Waals surface area (Å²) < 4.78 is 1.14. The van der Waals surface area contributed by atoms with Gasteiger partial charge >= 0.3 is 0 Å². The molecule has 2 rings (SSSR count). The Labute approximate surface area is 119 Å². The summed E-state index contributed by atoms with van der Waals surface area (Å²) in [6.45, 7) is 1.69. The van der Waals surface area contributed by atoms with Crippen molar-refractivity contribution < 1.29 is 0 Å². The molecular weight excluding hydrogens is 312 g/mol. The van der Waals surface area contributed by atoms with Gasteiger partial charge < -0.3 is 5.32 Å². The van der Waals surface area contributed by atoms with Gasteiger partial charge in [0.2, 0.25) is 5.13 Å². The highest BCUT2D eigenvalue weighted by atomic mass is 79.9. The lowest BCUT2D eigenvalue weighted by Gasteiger charge is -2.15. The van der Waals surface area contributed by atoms with Gasteiger partial charge in [0.05, 0.1) is 6.54 Å². The van der Waals surface area contributed by atoms with Crippen molar-refractivity contribution in [3.63, 3.8) is 0 Å². The fraction of sp³-hybridized carbons (Fsp3) is 0.333. The molecule has 0 aliphatic rings. The molecule has 0 fully saturated rings. The SMILES string of the molecule is CNc1nnc(CN(C)Cc2ccccc2Br)s1. The zero-order chi connectivity index (χ0) is 13.0. The molecule has 1 aromatic carbocycles. The van der Waals surface area contributed by atoms with Gasteiger partial charge in [0.1, 0.15) is 5.01 Å². The summed E-state index contributed by atoms with van der Waals surface area (Å²) >= 11 is 5.15. The first-order chi connectivity index (χ1) is 8.69. The van der Waals surface area contributed by atoms with Crippen molar-refractivity contribution in [2.75, 3.05) is 19.4 Å². The third-order valence-corrected chi connectivity index (χ3v) is 4.18. The molecule has 0 atom stereocenters. The Morgan fingerprint density at radius 2 is 2.06 bits per heavy atom. The van der Waals surface area contributed by atoms with Crippen LogP contribution in [0.25, 0.3) is 0 Å². The van der Waals surface area contributed by atoms with Crippen LogP contribution < -0.4 is 5.32 Å². The quantitative estimate of drug-likeness (QED) is 0.917. The minimum atomic E-state index is 0.806. The van der Waals surface area contributed by atoms with E-state index in [1.54, 1.807) is 11.3 Å². The van der Waals surface area contributed by atoms with E-state index in [9.17, 15) is 0 Å². The minimum absolute atomic E-state index is 0.806. The Morgan fingerprint density at radius 1 is 1.28 bits per heavy atom. The van der Waals surface area contributed by atoms with Crippen LogP contribution in [0.4, 0.5) is 5.13 Å². The summed E-state index contributed by atoms with van der Waals surface area (Å²) in [4.78, 5) is 2.22. The van der Waals surface area contributed by atoms with Gasteiger partial charge in [0.15, 0.2) is 0 Å². The number of benzene rings is 1. The predicted molar refractivity (Wildman–Crippen MR) is 78.8 cm³/mol. The van der Waals surface area contributed by atoms with E-state index in [-0.39, 0.29) is 0 Å². The topological polar surface area (TPSA) is 41.1 Å². The summed E-state index contributed by atoms with van der Waals surface area (Å²) in [5.41, 5.74) is 1.28. The lowest BCUT2D eigenvalue weighted by Crippen LogP contribution is -2.17. The molecular formula is C12H15BrN4S. The molecule has 1 heterocycles. The van der Waals surface area contributed by atoms with E-state index in [1.165, 1.54) is 5.56 Å². The molecule has 0 radical (unpaired) electrons. The molecule has 0 unspecified atom stereocenters. The molecule has 6 heteroatoms. The minimum Gasteiger partial charge on any atom is -0.363 e. The van der Waals surface area contributed by atoms with Gasteiger partial charge in [-0.3, -0.25) is 4.90 Å². The maximum atomic E-state index is 4.14. The van der Waals surface area contributed by atoms with Crippen molar-refractivity contribution in [1.82, 2.24) is 15.1 Å². The highest BCUT2D eigenvalue weighted by Crippen LogP contribution is 2.20. The number of anilines is 1. The summed E-state index contributed by atoms with van der Waals surface area (Å²) in [7, 11) is 3.94. The van der Waals surface area contributed by atoms with E-state index >= 15 is 0 Å². The molecule has 96 valence electrons. The lowest BCUT2D eigenvalue weighted by atomic mass is 10.2. The van der Waals surface area contributed by atoms with Gasteiger partial charge in [-0.05, 0) is 18.7 Å². The Hall–Kier alpha value is -0.980. The molecule has 4 nitrogen and oxygen atoms in total. The standard InChI is InChI=1S/C12H15BrN4S/c1-14-12-16-15-11(18-12)8-17(2)7-9-5-3-4-6-10(9)13/h3-6H,7-8H2,1-2H3,(H,14,16). The number of nitrogens with one attached hydrogen (secondary N) is 1. The van der Waals surface area contributed by atoms with Crippen molar-refractivity contribution in [1.29, 1.82) is 0 Å². The molecule has 2 aromatic rings. The van der Waals surface area contributed by atoms with Crippen LogP contribution in [-0.2, 0) is 13.1 Å². The van der Waals surface area contributed by atoms with Crippen LogP contribution in [0.15, 0.2) is 28.7 Å². The molecule has 1 N–H and O–H groups in total. The van der Waals surface area contributed by atoms with E-state index in [0.29, 0.717) is 0 Å². The summed E-state index contributed by atoms with van der Waals surface area (Å²) in [5, 5.41) is 13.1. The molecule has 0 amide bonds. The first kappa shape index (κ1) is 13.5. The summed E-state index contributed by atoms with van der Waals surface area (Å²) in [6, 6.07) is 8.27. The van der Waals surface area contributed by atoms with Crippen LogP contribution in [0.5, 0.6) is 0 Å². The van der Waals surface area contributed by atoms with Gasteiger partial charge in [-0.2, -0.15) is 0 Å². The smallest absolute Gasteiger partial charge is 0.205 e. The molecule has 0 bridgehead atoms. The largest absolute Gasteiger partial charge is 0.363 e. The van der Waals surface area contributed by atoms with Crippen LogP contribution in [0.1, 0.15) is 10.6 Å². The number of hydrogen-bond acceptors (Lipinski definition) is 5. The Morgan fingerprint density at radius 3 is 2.72 bits per heavy atom. The highest BCUT2D eigenvalue weighted by molar-refractivity contribution is 9.10. The predicted octanol–water partition coefficient (Wildman–Crippen LogP) is 2.97. The number of halogens is 1. The zero-order valence-electron chi connectivity index (χ0n) is 10.4. The van der Waals surface area contributed by atoms with Crippen LogP contribution in [0.2, 0.25) is 0 Å². The molecule has 0 aliphatic heterocycles. The van der Waals surface area contributed by atoms with Crippen LogP contribution in [0, 0.1) is 0 Å². The van der Waals surface area contributed by atoms with E-state index < -0.39 is 0 Å². The number of aromatic nitrogens is 2. The van der Waals surface area contributed by atoms with Crippen molar-refractivity contribution in [2.24, 2.45) is 0 Å². The fourth-order valence-corrected chi connectivity index (χ4v) is 2.81. The van der Waals surface area contributed by atoms with Crippen molar-refractivity contribution >= 4 is 32.4 Å². The number of nitrogens with zero attached hydrogens (tertiary/aromatic N) is 3. The normalized spacial score (nSPS) is 10.9. The first-order valence-electron chi connectivity index (χ1n) is 5.61. The van der Waals surface area contributed by atoms with Gasteiger partial charge in [-0.25, -0.2) is 0 Å². The molecule has 18 heavy (non-hydrogen) atoms. The van der Waals surface area contributed by atoms with Crippen LogP contribution >= 0.6 is 27.3 Å². The Balaban J connectivity index is 1.96.